The molecular formula is C23H16FI2NO. The van der Waals surface area contributed by atoms with Gasteiger partial charge in [-0.15, -0.1) is 0 Å². The van der Waals surface area contributed by atoms with E-state index in [-0.39, 0.29) is 5.82 Å². The van der Waals surface area contributed by atoms with Crippen molar-refractivity contribution < 1.29 is 9.13 Å². The van der Waals surface area contributed by atoms with Crippen molar-refractivity contribution in [2.24, 2.45) is 0 Å². The maximum absolute atomic E-state index is 13.5. The second-order valence-corrected chi connectivity index (χ2v) is 8.59. The highest BCUT2D eigenvalue weighted by molar-refractivity contribution is 14.1. The summed E-state index contributed by atoms with van der Waals surface area (Å²) in [6.07, 6.45) is 1.77. The lowest BCUT2D eigenvalue weighted by Gasteiger charge is -2.12. The molecule has 0 radical (unpaired) electrons. The smallest absolute Gasteiger partial charge is 0.146 e. The topological polar surface area (TPSA) is 33.0 Å². The van der Waals surface area contributed by atoms with Crippen molar-refractivity contribution >= 4 is 56.8 Å². The highest BCUT2D eigenvalue weighted by Crippen LogP contribution is 2.31. The monoisotopic (exact) mass is 595 g/mol. The van der Waals surface area contributed by atoms with Crippen LogP contribution in [0.4, 0.5) is 4.39 Å². The fourth-order valence-corrected chi connectivity index (χ4v) is 4.77. The van der Waals surface area contributed by atoms with Gasteiger partial charge in [-0.25, -0.2) is 4.39 Å². The molecule has 3 aromatic carbocycles. The molecule has 0 amide bonds. The molecule has 0 aliphatic carbocycles. The Labute approximate surface area is 191 Å². The van der Waals surface area contributed by atoms with Crippen molar-refractivity contribution in [3.63, 3.8) is 0 Å². The molecule has 2 nitrogen and oxygen atoms in total. The Morgan fingerprint density at radius 3 is 2.36 bits per heavy atom. The van der Waals surface area contributed by atoms with Gasteiger partial charge in [-0.1, -0.05) is 42.0 Å². The molecule has 0 aliphatic heterocycles. The van der Waals surface area contributed by atoms with E-state index in [0.29, 0.717) is 17.7 Å². The number of hydrogen-bond acceptors (Lipinski definition) is 2. The minimum atomic E-state index is -0.359. The number of ether oxygens (including phenoxy) is 1. The minimum absolute atomic E-state index is 0.359. The Morgan fingerprint density at radius 1 is 1.07 bits per heavy atom. The van der Waals surface area contributed by atoms with E-state index >= 15 is 0 Å². The van der Waals surface area contributed by atoms with Gasteiger partial charge in [-0.2, -0.15) is 5.26 Å². The summed E-state index contributed by atoms with van der Waals surface area (Å²) in [5.41, 5.74) is 4.18. The SMILES string of the molecule is Cc1ccc(COc2c(I)cc(/C=C(/C#N)c3cccc(F)c3)cc2I)cc1. The third-order valence-electron chi connectivity index (χ3n) is 4.09. The fourth-order valence-electron chi connectivity index (χ4n) is 2.64. The summed E-state index contributed by atoms with van der Waals surface area (Å²) in [5.74, 6) is 0.464. The fraction of sp³-hybridized carbons (Fsp3) is 0.0870. The standard InChI is InChI=1S/C23H16FI2NO/c1-15-5-7-16(8-6-15)14-28-23-21(25)10-17(11-22(23)26)9-19(13-27)18-3-2-4-20(24)12-18/h2-12H,14H2,1H3/b19-9-. The summed E-state index contributed by atoms with van der Waals surface area (Å²) < 4.78 is 21.4. The second kappa shape index (κ2) is 9.52. The molecule has 0 aliphatic rings. The number of rotatable bonds is 5. The van der Waals surface area contributed by atoms with Gasteiger partial charge in [0, 0.05) is 0 Å². The third-order valence-corrected chi connectivity index (χ3v) is 5.69. The van der Waals surface area contributed by atoms with Crippen molar-refractivity contribution in [3.05, 3.63) is 95.9 Å². The molecular weight excluding hydrogens is 579 g/mol. The van der Waals surface area contributed by atoms with E-state index in [2.05, 4.69) is 82.4 Å². The lowest BCUT2D eigenvalue weighted by Crippen LogP contribution is -1.99. The van der Waals surface area contributed by atoms with Crippen LogP contribution in [-0.2, 0) is 6.61 Å². The van der Waals surface area contributed by atoms with Crippen LogP contribution in [0.15, 0.2) is 60.7 Å². The average molecular weight is 595 g/mol. The van der Waals surface area contributed by atoms with Crippen LogP contribution >= 0.6 is 45.2 Å². The molecule has 0 unspecified atom stereocenters. The van der Waals surface area contributed by atoms with E-state index in [1.165, 1.54) is 17.7 Å². The van der Waals surface area contributed by atoms with Crippen molar-refractivity contribution in [3.8, 4) is 11.8 Å². The number of allylic oxidation sites excluding steroid dienone is 1. The first-order valence-corrected chi connectivity index (χ1v) is 10.7. The number of nitriles is 1. The van der Waals surface area contributed by atoms with Gasteiger partial charge in [0.25, 0.3) is 0 Å². The average Bonchev–Trinajstić information content (AvgIpc) is 2.67. The third kappa shape index (κ3) is 5.32. The number of aryl methyl sites for hydroxylation is 1. The highest BCUT2D eigenvalue weighted by Gasteiger charge is 2.10. The van der Waals surface area contributed by atoms with Crippen molar-refractivity contribution in [2.45, 2.75) is 13.5 Å². The number of hydrogen-bond donors (Lipinski definition) is 0. The number of nitrogens with zero attached hydrogens (tertiary/aromatic N) is 1. The van der Waals surface area contributed by atoms with Gasteiger partial charge in [0.15, 0.2) is 0 Å². The zero-order valence-corrected chi connectivity index (χ0v) is 19.4. The Balaban J connectivity index is 1.84. The van der Waals surface area contributed by atoms with Gasteiger partial charge in [0.1, 0.15) is 18.2 Å². The molecule has 0 atom stereocenters. The molecule has 0 bridgehead atoms. The largest absolute Gasteiger partial charge is 0.487 e. The van der Waals surface area contributed by atoms with Crippen molar-refractivity contribution in [2.75, 3.05) is 0 Å². The van der Waals surface area contributed by atoms with Crippen LogP contribution in [0.25, 0.3) is 11.6 Å². The van der Waals surface area contributed by atoms with E-state index in [0.717, 1.165) is 24.0 Å². The molecule has 28 heavy (non-hydrogen) atoms. The Kier molecular flexibility index (Phi) is 7.08. The maximum atomic E-state index is 13.5. The van der Waals surface area contributed by atoms with Gasteiger partial charge in [-0.05, 0) is 99.1 Å². The molecule has 0 aromatic heterocycles. The highest BCUT2D eigenvalue weighted by atomic mass is 127. The van der Waals surface area contributed by atoms with Gasteiger partial charge < -0.3 is 4.74 Å². The summed E-state index contributed by atoms with van der Waals surface area (Å²) in [4.78, 5) is 0. The molecule has 3 aromatic rings. The summed E-state index contributed by atoms with van der Waals surface area (Å²) in [7, 11) is 0. The van der Waals surface area contributed by atoms with Crippen molar-refractivity contribution in [1.82, 2.24) is 0 Å². The van der Waals surface area contributed by atoms with E-state index in [1.54, 1.807) is 18.2 Å². The summed E-state index contributed by atoms with van der Waals surface area (Å²) in [6.45, 7) is 2.55. The van der Waals surface area contributed by atoms with E-state index < -0.39 is 0 Å². The Hall–Kier alpha value is -1.92. The van der Waals surface area contributed by atoms with Gasteiger partial charge in [0.05, 0.1) is 18.8 Å². The molecule has 0 spiro atoms. The van der Waals surface area contributed by atoms with Crippen LogP contribution in [0.1, 0.15) is 22.3 Å². The molecule has 5 heteroatoms. The summed E-state index contributed by atoms with van der Waals surface area (Å²) in [6, 6.07) is 20.4. The van der Waals surface area contributed by atoms with Crippen molar-refractivity contribution in [1.29, 1.82) is 5.26 Å². The van der Waals surface area contributed by atoms with Crippen LogP contribution in [-0.4, -0.2) is 0 Å². The first-order valence-electron chi connectivity index (χ1n) is 8.51. The Morgan fingerprint density at radius 2 is 1.75 bits per heavy atom. The predicted octanol–water partition coefficient (Wildman–Crippen LogP) is 6.99. The molecule has 3 rings (SSSR count). The van der Waals surface area contributed by atoms with Gasteiger partial charge in [-0.3, -0.25) is 0 Å². The van der Waals surface area contributed by atoms with Crippen LogP contribution in [0.3, 0.4) is 0 Å². The minimum Gasteiger partial charge on any atom is -0.487 e. The van der Waals surface area contributed by atoms with Crippen LogP contribution in [0, 0.1) is 31.2 Å². The molecule has 0 fully saturated rings. The summed E-state index contributed by atoms with van der Waals surface area (Å²) >= 11 is 4.47. The van der Waals surface area contributed by atoms with E-state index in [4.69, 9.17) is 4.74 Å². The first-order chi connectivity index (χ1) is 13.5. The Bertz CT molecular complexity index is 1050. The lowest BCUT2D eigenvalue weighted by atomic mass is 10.0. The molecule has 0 heterocycles. The number of halogens is 3. The lowest BCUT2D eigenvalue weighted by molar-refractivity contribution is 0.301. The van der Waals surface area contributed by atoms with Gasteiger partial charge in [0.2, 0.25) is 0 Å². The second-order valence-electron chi connectivity index (χ2n) is 6.27. The van der Waals surface area contributed by atoms with E-state index in [9.17, 15) is 9.65 Å². The normalized spacial score (nSPS) is 11.2. The zero-order valence-electron chi connectivity index (χ0n) is 15.0. The van der Waals surface area contributed by atoms with Crippen LogP contribution < -0.4 is 4.74 Å². The predicted molar refractivity (Wildman–Crippen MR) is 127 cm³/mol. The van der Waals surface area contributed by atoms with Crippen LogP contribution in [0.5, 0.6) is 5.75 Å². The molecule has 0 saturated carbocycles. The maximum Gasteiger partial charge on any atom is 0.146 e. The molecule has 0 N–H and O–H groups in total. The number of benzene rings is 3. The summed E-state index contributed by atoms with van der Waals surface area (Å²) in [5, 5.41) is 9.49. The quantitative estimate of drug-likeness (QED) is 0.181. The van der Waals surface area contributed by atoms with E-state index in [1.807, 2.05) is 12.1 Å². The molecule has 0 saturated heterocycles. The van der Waals surface area contributed by atoms with Gasteiger partial charge >= 0.3 is 0 Å². The zero-order chi connectivity index (χ0) is 20.1. The first kappa shape index (κ1) is 20.8. The van der Waals surface area contributed by atoms with Crippen LogP contribution in [0.2, 0.25) is 0 Å². The molecule has 140 valence electrons.